The second-order valence-corrected chi connectivity index (χ2v) is 9.76. The minimum absolute atomic E-state index is 0. The lowest BCUT2D eigenvalue weighted by molar-refractivity contribution is 0.172. The molecule has 2 N–H and O–H groups in total. The van der Waals surface area contributed by atoms with Crippen molar-refractivity contribution in [3.05, 3.63) is 53.4 Å². The van der Waals surface area contributed by atoms with Gasteiger partial charge >= 0.3 is 0 Å². The lowest BCUT2D eigenvalue weighted by Crippen LogP contribution is -2.52. The van der Waals surface area contributed by atoms with Gasteiger partial charge in [0.25, 0.3) is 0 Å². The minimum atomic E-state index is -3.43. The van der Waals surface area contributed by atoms with Crippen LogP contribution in [0, 0.1) is 0 Å². The van der Waals surface area contributed by atoms with Crippen LogP contribution in [0.25, 0.3) is 0 Å². The number of hydrogen-bond donors (Lipinski definition) is 2. The van der Waals surface area contributed by atoms with E-state index in [1.54, 1.807) is 17.5 Å². The summed E-state index contributed by atoms with van der Waals surface area (Å²) in [5.41, 5.74) is 1.33. The quantitative estimate of drug-likeness (QED) is 0.224. The van der Waals surface area contributed by atoms with E-state index in [1.807, 2.05) is 13.0 Å². The molecule has 30 heavy (non-hydrogen) atoms. The smallest absolute Gasteiger partial charge is 0.250 e. The molecule has 2 aromatic rings. The summed E-state index contributed by atoms with van der Waals surface area (Å²) < 4.78 is 27.3. The van der Waals surface area contributed by atoms with Gasteiger partial charge < -0.3 is 10.2 Å². The SMILES string of the molecule is CCNC(=NCCNS(=O)(=O)c1cccs1)N1CCN(Cc2ccccc2)CC1.I. The number of thiophene rings is 1. The molecule has 0 amide bonds. The van der Waals surface area contributed by atoms with E-state index in [2.05, 4.69) is 49.1 Å². The van der Waals surface area contributed by atoms with Crippen LogP contribution in [0.3, 0.4) is 0 Å². The Morgan fingerprint density at radius 3 is 2.47 bits per heavy atom. The van der Waals surface area contributed by atoms with Crippen molar-refractivity contribution in [1.82, 2.24) is 19.8 Å². The Morgan fingerprint density at radius 2 is 1.83 bits per heavy atom. The van der Waals surface area contributed by atoms with Gasteiger partial charge in [-0.25, -0.2) is 13.1 Å². The summed E-state index contributed by atoms with van der Waals surface area (Å²) in [6.07, 6.45) is 0. The molecule has 1 aliphatic heterocycles. The van der Waals surface area contributed by atoms with Crippen LogP contribution in [-0.2, 0) is 16.6 Å². The van der Waals surface area contributed by atoms with Gasteiger partial charge in [-0.15, -0.1) is 35.3 Å². The van der Waals surface area contributed by atoms with Crippen molar-refractivity contribution in [2.45, 2.75) is 17.7 Å². The molecule has 1 aromatic carbocycles. The molecule has 1 saturated heterocycles. The summed E-state index contributed by atoms with van der Waals surface area (Å²) in [6, 6.07) is 13.9. The van der Waals surface area contributed by atoms with E-state index >= 15 is 0 Å². The maximum absolute atomic E-state index is 12.2. The number of rotatable bonds is 8. The van der Waals surface area contributed by atoms with Gasteiger partial charge in [-0.1, -0.05) is 36.4 Å². The van der Waals surface area contributed by atoms with Crippen LogP contribution in [-0.4, -0.2) is 70.0 Å². The van der Waals surface area contributed by atoms with Crippen LogP contribution < -0.4 is 10.0 Å². The first kappa shape index (κ1) is 25.1. The first-order chi connectivity index (χ1) is 14.1. The molecule has 0 unspecified atom stereocenters. The van der Waals surface area contributed by atoms with Crippen molar-refractivity contribution in [1.29, 1.82) is 0 Å². The summed E-state index contributed by atoms with van der Waals surface area (Å²) in [4.78, 5) is 9.32. The molecular weight excluding hydrogens is 533 g/mol. The Kier molecular flexibility index (Phi) is 10.5. The molecule has 0 spiro atoms. The van der Waals surface area contributed by atoms with Crippen LogP contribution >= 0.6 is 35.3 Å². The summed E-state index contributed by atoms with van der Waals surface area (Å²) in [7, 11) is -3.43. The monoisotopic (exact) mass is 563 g/mol. The van der Waals surface area contributed by atoms with E-state index in [-0.39, 0.29) is 30.5 Å². The molecule has 166 valence electrons. The van der Waals surface area contributed by atoms with Gasteiger partial charge in [0.2, 0.25) is 10.0 Å². The Labute approximate surface area is 200 Å². The highest BCUT2D eigenvalue weighted by Gasteiger charge is 2.20. The van der Waals surface area contributed by atoms with Crippen LogP contribution in [0.4, 0.5) is 0 Å². The van der Waals surface area contributed by atoms with Crippen molar-refractivity contribution in [3.8, 4) is 0 Å². The molecule has 7 nitrogen and oxygen atoms in total. The van der Waals surface area contributed by atoms with Crippen LogP contribution in [0.1, 0.15) is 12.5 Å². The molecule has 0 atom stereocenters. The summed E-state index contributed by atoms with van der Waals surface area (Å²) >= 11 is 1.21. The molecule has 0 saturated carbocycles. The zero-order valence-electron chi connectivity index (χ0n) is 17.2. The zero-order chi connectivity index (χ0) is 20.5. The lowest BCUT2D eigenvalue weighted by atomic mass is 10.2. The van der Waals surface area contributed by atoms with Gasteiger partial charge in [0.05, 0.1) is 6.54 Å². The summed E-state index contributed by atoms with van der Waals surface area (Å²) in [5, 5.41) is 5.08. The Balaban J connectivity index is 0.00000320. The summed E-state index contributed by atoms with van der Waals surface area (Å²) in [5.74, 6) is 0.849. The fourth-order valence-electron chi connectivity index (χ4n) is 3.21. The molecular formula is C20H30IN5O2S2. The van der Waals surface area contributed by atoms with Crippen LogP contribution in [0.5, 0.6) is 0 Å². The number of nitrogens with zero attached hydrogens (tertiary/aromatic N) is 3. The van der Waals surface area contributed by atoms with Gasteiger partial charge in [-0.3, -0.25) is 9.89 Å². The summed E-state index contributed by atoms with van der Waals surface area (Å²) in [6.45, 7) is 8.23. The molecule has 1 fully saturated rings. The Morgan fingerprint density at radius 1 is 1.10 bits per heavy atom. The largest absolute Gasteiger partial charge is 0.357 e. The molecule has 0 bridgehead atoms. The Bertz CT molecular complexity index is 868. The van der Waals surface area contributed by atoms with Crippen molar-refractivity contribution in [2.24, 2.45) is 4.99 Å². The van der Waals surface area contributed by atoms with E-state index in [0.717, 1.165) is 45.2 Å². The standard InChI is InChI=1S/C20H29N5O2S2.HI/c1-2-21-20(22-10-11-23-29(26,27)19-9-6-16-28-19)25-14-12-24(13-15-25)17-18-7-4-3-5-8-18;/h3-9,16,23H,2,10-15,17H2,1H3,(H,21,22);1H. The number of sulfonamides is 1. The third-order valence-electron chi connectivity index (χ3n) is 4.68. The number of guanidine groups is 1. The maximum Gasteiger partial charge on any atom is 0.250 e. The highest BCUT2D eigenvalue weighted by Crippen LogP contribution is 2.14. The second-order valence-electron chi connectivity index (χ2n) is 6.81. The molecule has 10 heteroatoms. The maximum atomic E-state index is 12.2. The highest BCUT2D eigenvalue weighted by atomic mass is 127. The predicted octanol–water partition coefficient (Wildman–Crippen LogP) is 2.43. The fourth-order valence-corrected chi connectivity index (χ4v) is 5.27. The number of halogens is 1. The topological polar surface area (TPSA) is 77.0 Å². The number of hydrogen-bond acceptors (Lipinski definition) is 5. The van der Waals surface area contributed by atoms with Crippen molar-refractivity contribution < 1.29 is 8.42 Å². The van der Waals surface area contributed by atoms with E-state index in [0.29, 0.717) is 10.8 Å². The molecule has 2 heterocycles. The number of nitrogens with one attached hydrogen (secondary N) is 2. The molecule has 3 rings (SSSR count). The van der Waals surface area contributed by atoms with E-state index in [1.165, 1.54) is 16.9 Å². The van der Waals surface area contributed by atoms with Crippen LogP contribution in [0.15, 0.2) is 57.0 Å². The van der Waals surface area contributed by atoms with E-state index < -0.39 is 10.0 Å². The number of benzene rings is 1. The number of piperazine rings is 1. The first-order valence-corrected chi connectivity index (χ1v) is 12.3. The van der Waals surface area contributed by atoms with Gasteiger partial charge in [0.15, 0.2) is 5.96 Å². The molecule has 1 aromatic heterocycles. The van der Waals surface area contributed by atoms with Crippen LogP contribution in [0.2, 0.25) is 0 Å². The van der Waals surface area contributed by atoms with Crippen molar-refractivity contribution >= 4 is 51.3 Å². The van der Waals surface area contributed by atoms with Gasteiger partial charge in [0, 0.05) is 45.8 Å². The molecule has 0 radical (unpaired) electrons. The van der Waals surface area contributed by atoms with Gasteiger partial charge in [-0.05, 0) is 23.9 Å². The number of aliphatic imine (C=N–C) groups is 1. The van der Waals surface area contributed by atoms with Gasteiger partial charge in [0.1, 0.15) is 4.21 Å². The Hall–Kier alpha value is -1.21. The van der Waals surface area contributed by atoms with E-state index in [9.17, 15) is 8.42 Å². The second kappa shape index (κ2) is 12.6. The molecule has 1 aliphatic rings. The minimum Gasteiger partial charge on any atom is -0.357 e. The van der Waals surface area contributed by atoms with Gasteiger partial charge in [-0.2, -0.15) is 0 Å². The highest BCUT2D eigenvalue weighted by molar-refractivity contribution is 14.0. The first-order valence-electron chi connectivity index (χ1n) is 9.91. The average molecular weight is 564 g/mol. The predicted molar refractivity (Wildman–Crippen MR) is 134 cm³/mol. The molecule has 0 aliphatic carbocycles. The van der Waals surface area contributed by atoms with Crippen molar-refractivity contribution in [3.63, 3.8) is 0 Å². The average Bonchev–Trinajstić information content (AvgIpc) is 3.28. The third kappa shape index (κ3) is 7.49. The normalized spacial score (nSPS) is 15.6. The fraction of sp³-hybridized carbons (Fsp3) is 0.450. The third-order valence-corrected chi connectivity index (χ3v) is 7.54. The zero-order valence-corrected chi connectivity index (χ0v) is 21.1. The van der Waals surface area contributed by atoms with E-state index in [4.69, 9.17) is 0 Å². The van der Waals surface area contributed by atoms with Crippen molar-refractivity contribution in [2.75, 3.05) is 45.8 Å². The lowest BCUT2D eigenvalue weighted by Gasteiger charge is -2.36.